The zero-order valence-corrected chi connectivity index (χ0v) is 13.4. The standard InChI is InChI=1S/C19H21N3O/c1-3-19(23)22-11-9-21(10-12-22)17-6-4-5-16(13-17)18-7-8-20-14-15(18)2/h3-8,13-14H,1,9-12H2,2H3. The number of benzene rings is 1. The molecule has 0 aliphatic carbocycles. The first-order valence-electron chi connectivity index (χ1n) is 7.86. The minimum Gasteiger partial charge on any atom is -0.368 e. The molecule has 2 heterocycles. The Balaban J connectivity index is 1.78. The van der Waals surface area contributed by atoms with Crippen molar-refractivity contribution in [3.05, 3.63) is 60.9 Å². The second kappa shape index (κ2) is 6.65. The largest absolute Gasteiger partial charge is 0.368 e. The van der Waals surface area contributed by atoms with Crippen LogP contribution in [-0.4, -0.2) is 42.0 Å². The van der Waals surface area contributed by atoms with Crippen molar-refractivity contribution in [2.75, 3.05) is 31.1 Å². The lowest BCUT2D eigenvalue weighted by Crippen LogP contribution is -2.48. The van der Waals surface area contributed by atoms with Crippen LogP contribution in [0, 0.1) is 6.92 Å². The molecule has 0 spiro atoms. The Morgan fingerprint density at radius 3 is 2.70 bits per heavy atom. The molecule has 3 rings (SSSR count). The molecule has 1 saturated heterocycles. The van der Waals surface area contributed by atoms with Crippen molar-refractivity contribution in [2.24, 2.45) is 0 Å². The summed E-state index contributed by atoms with van der Waals surface area (Å²) in [4.78, 5) is 20.0. The summed E-state index contributed by atoms with van der Waals surface area (Å²) in [7, 11) is 0. The Bertz CT molecular complexity index is 718. The quantitative estimate of drug-likeness (QED) is 0.818. The summed E-state index contributed by atoms with van der Waals surface area (Å²) in [5.74, 6) is 0.0193. The summed E-state index contributed by atoms with van der Waals surface area (Å²) in [6.45, 7) is 8.80. The normalized spacial score (nSPS) is 14.7. The number of carbonyl (C=O) groups is 1. The van der Waals surface area contributed by atoms with Crippen LogP contribution in [0.5, 0.6) is 0 Å². The van der Waals surface area contributed by atoms with Crippen LogP contribution in [0.25, 0.3) is 11.1 Å². The third-order valence-corrected chi connectivity index (χ3v) is 4.31. The fourth-order valence-corrected chi connectivity index (χ4v) is 2.98. The third-order valence-electron chi connectivity index (χ3n) is 4.31. The van der Waals surface area contributed by atoms with Crippen molar-refractivity contribution in [2.45, 2.75) is 6.92 Å². The Labute approximate surface area is 137 Å². The molecule has 0 saturated carbocycles. The molecule has 1 aromatic heterocycles. The average Bonchev–Trinajstić information content (AvgIpc) is 2.62. The van der Waals surface area contributed by atoms with Crippen LogP contribution in [-0.2, 0) is 4.79 Å². The van der Waals surface area contributed by atoms with Gasteiger partial charge in [-0.3, -0.25) is 9.78 Å². The van der Waals surface area contributed by atoms with E-state index in [9.17, 15) is 4.79 Å². The summed E-state index contributed by atoms with van der Waals surface area (Å²) in [6, 6.07) is 10.6. The van der Waals surface area contributed by atoms with Crippen molar-refractivity contribution in [3.63, 3.8) is 0 Å². The Kier molecular flexibility index (Phi) is 4.42. The highest BCUT2D eigenvalue weighted by Gasteiger charge is 2.19. The molecule has 1 aromatic carbocycles. The molecule has 0 radical (unpaired) electrons. The number of amides is 1. The fraction of sp³-hybridized carbons (Fsp3) is 0.263. The van der Waals surface area contributed by atoms with E-state index in [0.29, 0.717) is 0 Å². The molecule has 1 aliphatic heterocycles. The van der Waals surface area contributed by atoms with Crippen LogP contribution < -0.4 is 4.90 Å². The van der Waals surface area contributed by atoms with Gasteiger partial charge in [-0.15, -0.1) is 0 Å². The van der Waals surface area contributed by atoms with Crippen LogP contribution in [0.3, 0.4) is 0 Å². The first kappa shape index (κ1) is 15.3. The zero-order chi connectivity index (χ0) is 16.2. The predicted octanol–water partition coefficient (Wildman–Crippen LogP) is 2.89. The topological polar surface area (TPSA) is 36.4 Å². The number of anilines is 1. The van der Waals surface area contributed by atoms with Crippen molar-refractivity contribution in [1.82, 2.24) is 9.88 Å². The number of hydrogen-bond donors (Lipinski definition) is 0. The molecule has 0 N–H and O–H groups in total. The van der Waals surface area contributed by atoms with E-state index < -0.39 is 0 Å². The first-order chi connectivity index (χ1) is 11.2. The first-order valence-corrected chi connectivity index (χ1v) is 7.86. The van der Waals surface area contributed by atoms with E-state index in [0.717, 1.165) is 26.2 Å². The van der Waals surface area contributed by atoms with Crippen LogP contribution in [0.15, 0.2) is 55.4 Å². The number of aryl methyl sites for hydroxylation is 1. The molecular weight excluding hydrogens is 286 g/mol. The third kappa shape index (κ3) is 3.26. The highest BCUT2D eigenvalue weighted by molar-refractivity contribution is 5.87. The van der Waals surface area contributed by atoms with Gasteiger partial charge in [-0.05, 0) is 47.9 Å². The highest BCUT2D eigenvalue weighted by atomic mass is 16.2. The summed E-state index contributed by atoms with van der Waals surface area (Å²) >= 11 is 0. The van der Waals surface area contributed by atoms with Gasteiger partial charge in [0.2, 0.25) is 5.91 Å². The molecule has 4 heteroatoms. The van der Waals surface area contributed by atoms with Gasteiger partial charge < -0.3 is 9.80 Å². The van der Waals surface area contributed by atoms with Crippen molar-refractivity contribution in [3.8, 4) is 11.1 Å². The fourth-order valence-electron chi connectivity index (χ4n) is 2.98. The van der Waals surface area contributed by atoms with Crippen molar-refractivity contribution in [1.29, 1.82) is 0 Å². The zero-order valence-electron chi connectivity index (χ0n) is 13.4. The minimum absolute atomic E-state index is 0.0193. The molecule has 0 unspecified atom stereocenters. The lowest BCUT2D eigenvalue weighted by Gasteiger charge is -2.35. The van der Waals surface area contributed by atoms with E-state index >= 15 is 0 Å². The predicted molar refractivity (Wildman–Crippen MR) is 93.4 cm³/mol. The molecular formula is C19H21N3O. The van der Waals surface area contributed by atoms with Gasteiger partial charge in [-0.25, -0.2) is 0 Å². The summed E-state index contributed by atoms with van der Waals surface area (Å²) < 4.78 is 0. The van der Waals surface area contributed by atoms with Crippen molar-refractivity contribution >= 4 is 11.6 Å². The maximum Gasteiger partial charge on any atom is 0.246 e. The number of hydrogen-bond acceptors (Lipinski definition) is 3. The highest BCUT2D eigenvalue weighted by Crippen LogP contribution is 2.27. The van der Waals surface area contributed by atoms with E-state index in [1.165, 1.54) is 28.5 Å². The Hall–Kier alpha value is -2.62. The number of pyridine rings is 1. The molecule has 1 amide bonds. The van der Waals surface area contributed by atoms with Gasteiger partial charge >= 0.3 is 0 Å². The van der Waals surface area contributed by atoms with Gasteiger partial charge in [-0.2, -0.15) is 0 Å². The second-order valence-electron chi connectivity index (χ2n) is 5.76. The van der Waals surface area contributed by atoms with Crippen molar-refractivity contribution < 1.29 is 4.79 Å². The van der Waals surface area contributed by atoms with Crippen LogP contribution in [0.2, 0.25) is 0 Å². The Morgan fingerprint density at radius 1 is 1.22 bits per heavy atom. The number of nitrogens with zero attached hydrogens (tertiary/aromatic N) is 3. The van der Waals surface area contributed by atoms with E-state index in [1.807, 2.05) is 17.3 Å². The van der Waals surface area contributed by atoms with E-state index in [1.54, 1.807) is 0 Å². The van der Waals surface area contributed by atoms with Crippen LogP contribution in [0.4, 0.5) is 5.69 Å². The molecule has 0 bridgehead atoms. The second-order valence-corrected chi connectivity index (χ2v) is 5.76. The maximum atomic E-state index is 11.7. The minimum atomic E-state index is 0.0193. The van der Waals surface area contributed by atoms with Crippen LogP contribution in [0.1, 0.15) is 5.56 Å². The van der Waals surface area contributed by atoms with Gasteiger partial charge in [-0.1, -0.05) is 18.7 Å². The summed E-state index contributed by atoms with van der Waals surface area (Å²) in [5, 5.41) is 0. The van der Waals surface area contributed by atoms with Gasteiger partial charge in [0.05, 0.1) is 0 Å². The number of rotatable bonds is 3. The van der Waals surface area contributed by atoms with Gasteiger partial charge in [0, 0.05) is 44.3 Å². The lowest BCUT2D eigenvalue weighted by molar-refractivity contribution is -0.126. The summed E-state index contributed by atoms with van der Waals surface area (Å²) in [5.41, 5.74) is 4.78. The molecule has 4 nitrogen and oxygen atoms in total. The molecule has 1 fully saturated rings. The molecule has 2 aromatic rings. The number of piperazine rings is 1. The number of carbonyl (C=O) groups excluding carboxylic acids is 1. The monoisotopic (exact) mass is 307 g/mol. The lowest BCUT2D eigenvalue weighted by atomic mass is 10.0. The molecule has 118 valence electrons. The van der Waals surface area contributed by atoms with Gasteiger partial charge in [0.25, 0.3) is 0 Å². The average molecular weight is 307 g/mol. The molecule has 23 heavy (non-hydrogen) atoms. The SMILES string of the molecule is C=CC(=O)N1CCN(c2cccc(-c3ccncc3C)c2)CC1. The van der Waals surface area contributed by atoms with Gasteiger partial charge in [0.1, 0.15) is 0 Å². The smallest absolute Gasteiger partial charge is 0.246 e. The van der Waals surface area contributed by atoms with Gasteiger partial charge in [0.15, 0.2) is 0 Å². The molecule has 1 aliphatic rings. The van der Waals surface area contributed by atoms with E-state index in [4.69, 9.17) is 0 Å². The summed E-state index contributed by atoms with van der Waals surface area (Å²) in [6.07, 6.45) is 5.11. The maximum absolute atomic E-state index is 11.7. The molecule has 0 atom stereocenters. The van der Waals surface area contributed by atoms with E-state index in [-0.39, 0.29) is 5.91 Å². The Morgan fingerprint density at radius 2 is 2.00 bits per heavy atom. The van der Waals surface area contributed by atoms with Crippen LogP contribution >= 0.6 is 0 Å². The number of aromatic nitrogens is 1. The van der Waals surface area contributed by atoms with E-state index in [2.05, 4.69) is 53.7 Å².